The van der Waals surface area contributed by atoms with Crippen LogP contribution < -0.4 is 10.6 Å². The van der Waals surface area contributed by atoms with Crippen LogP contribution in [0.3, 0.4) is 0 Å². The molecule has 0 aromatic carbocycles. The molecule has 0 bridgehead atoms. The summed E-state index contributed by atoms with van der Waals surface area (Å²) in [7, 11) is 0. The van der Waals surface area contributed by atoms with E-state index in [4.69, 9.17) is 5.11 Å². The molecule has 0 aromatic heterocycles. The van der Waals surface area contributed by atoms with Crippen LogP contribution in [0, 0.1) is 0 Å². The fraction of sp³-hybridized carbons (Fsp3) is 0.833. The topological polar surface area (TPSA) is 78.4 Å². The second-order valence-corrected chi connectivity index (χ2v) is 4.76. The predicted molar refractivity (Wildman–Crippen MR) is 64.7 cm³/mol. The average molecular weight is 242 g/mol. The number of carboxylic acids is 1. The monoisotopic (exact) mass is 242 g/mol. The van der Waals surface area contributed by atoms with Crippen LogP contribution in [0.4, 0.5) is 0 Å². The number of carbonyl (C=O) groups is 2. The lowest BCUT2D eigenvalue weighted by Crippen LogP contribution is -2.41. The van der Waals surface area contributed by atoms with Gasteiger partial charge in [-0.3, -0.25) is 9.59 Å². The molecule has 1 atom stereocenters. The van der Waals surface area contributed by atoms with Gasteiger partial charge in [-0.1, -0.05) is 12.8 Å². The van der Waals surface area contributed by atoms with Gasteiger partial charge >= 0.3 is 5.97 Å². The van der Waals surface area contributed by atoms with E-state index in [1.165, 1.54) is 12.8 Å². The molecule has 0 radical (unpaired) electrons. The first-order valence-electron chi connectivity index (χ1n) is 6.32. The largest absolute Gasteiger partial charge is 0.481 e. The van der Waals surface area contributed by atoms with Crippen molar-refractivity contribution in [2.75, 3.05) is 6.54 Å². The molecule has 98 valence electrons. The first-order chi connectivity index (χ1) is 8.08. The number of rotatable bonds is 7. The lowest BCUT2D eigenvalue weighted by Gasteiger charge is -2.15. The van der Waals surface area contributed by atoms with Crippen LogP contribution in [0.2, 0.25) is 0 Å². The third-order valence-corrected chi connectivity index (χ3v) is 3.11. The van der Waals surface area contributed by atoms with Crippen molar-refractivity contribution >= 4 is 11.9 Å². The SMILES string of the molecule is CC(CCC(=O)O)NC(=O)CNC1CCCC1. The standard InChI is InChI=1S/C12H22N2O3/c1-9(6-7-12(16)17)14-11(15)8-13-10-4-2-3-5-10/h9-10,13H,2-8H2,1H3,(H,14,15)(H,16,17). The van der Waals surface area contributed by atoms with Gasteiger partial charge < -0.3 is 15.7 Å². The van der Waals surface area contributed by atoms with E-state index in [0.29, 0.717) is 19.0 Å². The van der Waals surface area contributed by atoms with Crippen molar-refractivity contribution in [2.45, 2.75) is 57.5 Å². The number of aliphatic carboxylic acids is 1. The number of hydrogen-bond donors (Lipinski definition) is 3. The summed E-state index contributed by atoms with van der Waals surface area (Å²) in [5, 5.41) is 14.5. The highest BCUT2D eigenvalue weighted by Crippen LogP contribution is 2.17. The normalized spacial score (nSPS) is 17.9. The van der Waals surface area contributed by atoms with Crippen molar-refractivity contribution in [3.05, 3.63) is 0 Å². The molecule has 17 heavy (non-hydrogen) atoms. The highest BCUT2D eigenvalue weighted by molar-refractivity contribution is 5.78. The van der Waals surface area contributed by atoms with Gasteiger partial charge in [-0.05, 0) is 26.2 Å². The maximum atomic E-state index is 11.5. The van der Waals surface area contributed by atoms with Gasteiger partial charge in [0, 0.05) is 18.5 Å². The highest BCUT2D eigenvalue weighted by atomic mass is 16.4. The second kappa shape index (κ2) is 7.27. The maximum absolute atomic E-state index is 11.5. The Labute approximate surface area is 102 Å². The van der Waals surface area contributed by atoms with Crippen LogP contribution in [0.25, 0.3) is 0 Å². The van der Waals surface area contributed by atoms with E-state index in [-0.39, 0.29) is 18.4 Å². The van der Waals surface area contributed by atoms with E-state index in [9.17, 15) is 9.59 Å². The fourth-order valence-corrected chi connectivity index (χ4v) is 2.10. The first-order valence-corrected chi connectivity index (χ1v) is 6.32. The minimum absolute atomic E-state index is 0.0465. The maximum Gasteiger partial charge on any atom is 0.303 e. The summed E-state index contributed by atoms with van der Waals surface area (Å²) in [6.45, 7) is 2.17. The number of nitrogens with one attached hydrogen (secondary N) is 2. The fourth-order valence-electron chi connectivity index (χ4n) is 2.10. The molecule has 0 aromatic rings. The highest BCUT2D eigenvalue weighted by Gasteiger charge is 2.16. The second-order valence-electron chi connectivity index (χ2n) is 4.76. The average Bonchev–Trinajstić information content (AvgIpc) is 2.76. The Morgan fingerprint density at radius 1 is 1.35 bits per heavy atom. The molecule has 1 unspecified atom stereocenters. The minimum atomic E-state index is -0.824. The molecule has 5 heteroatoms. The minimum Gasteiger partial charge on any atom is -0.481 e. The van der Waals surface area contributed by atoms with Gasteiger partial charge in [0.15, 0.2) is 0 Å². The van der Waals surface area contributed by atoms with Crippen LogP contribution in [0.15, 0.2) is 0 Å². The van der Waals surface area contributed by atoms with Gasteiger partial charge in [0.05, 0.1) is 6.54 Å². The number of carbonyl (C=O) groups excluding carboxylic acids is 1. The van der Waals surface area contributed by atoms with Gasteiger partial charge in [-0.2, -0.15) is 0 Å². The molecule has 3 N–H and O–H groups in total. The summed E-state index contributed by atoms with van der Waals surface area (Å²) in [5.74, 6) is -0.870. The molecule has 0 aliphatic heterocycles. The van der Waals surface area contributed by atoms with Crippen molar-refractivity contribution in [1.82, 2.24) is 10.6 Å². The van der Waals surface area contributed by atoms with Crippen LogP contribution in [0.1, 0.15) is 45.4 Å². The lowest BCUT2D eigenvalue weighted by molar-refractivity contribution is -0.137. The van der Waals surface area contributed by atoms with Crippen LogP contribution in [-0.4, -0.2) is 35.6 Å². The zero-order chi connectivity index (χ0) is 12.7. The third-order valence-electron chi connectivity index (χ3n) is 3.11. The Morgan fingerprint density at radius 2 is 2.00 bits per heavy atom. The quantitative estimate of drug-likeness (QED) is 0.619. The Kier molecular flexibility index (Phi) is 5.97. The molecule has 1 aliphatic rings. The van der Waals surface area contributed by atoms with Crippen molar-refractivity contribution in [2.24, 2.45) is 0 Å². The Hall–Kier alpha value is -1.10. The summed E-state index contributed by atoms with van der Waals surface area (Å²) in [6.07, 6.45) is 5.37. The van der Waals surface area contributed by atoms with Crippen molar-refractivity contribution in [1.29, 1.82) is 0 Å². The molecule has 1 amide bonds. The molecule has 1 aliphatic carbocycles. The van der Waals surface area contributed by atoms with E-state index in [1.807, 2.05) is 6.92 Å². The number of hydrogen-bond acceptors (Lipinski definition) is 3. The van der Waals surface area contributed by atoms with E-state index < -0.39 is 5.97 Å². The van der Waals surface area contributed by atoms with Crippen LogP contribution in [0.5, 0.6) is 0 Å². The molecular weight excluding hydrogens is 220 g/mol. The van der Waals surface area contributed by atoms with E-state index in [1.54, 1.807) is 0 Å². The zero-order valence-electron chi connectivity index (χ0n) is 10.4. The van der Waals surface area contributed by atoms with Crippen LogP contribution >= 0.6 is 0 Å². The van der Waals surface area contributed by atoms with Gasteiger partial charge in [-0.15, -0.1) is 0 Å². The molecule has 0 spiro atoms. The molecule has 1 fully saturated rings. The van der Waals surface area contributed by atoms with Crippen molar-refractivity contribution in [3.63, 3.8) is 0 Å². The van der Waals surface area contributed by atoms with Crippen LogP contribution in [-0.2, 0) is 9.59 Å². The summed E-state index contributed by atoms with van der Waals surface area (Å²) >= 11 is 0. The Morgan fingerprint density at radius 3 is 2.59 bits per heavy atom. The van der Waals surface area contributed by atoms with E-state index in [2.05, 4.69) is 10.6 Å². The smallest absolute Gasteiger partial charge is 0.303 e. The first kappa shape index (κ1) is 14.0. The number of amides is 1. The summed E-state index contributed by atoms with van der Waals surface area (Å²) in [6, 6.07) is 0.402. The predicted octanol–water partition coefficient (Wildman–Crippen LogP) is 0.888. The summed E-state index contributed by atoms with van der Waals surface area (Å²) < 4.78 is 0. The zero-order valence-corrected chi connectivity index (χ0v) is 10.4. The molecule has 1 rings (SSSR count). The molecule has 0 heterocycles. The van der Waals surface area contributed by atoms with Crippen molar-refractivity contribution < 1.29 is 14.7 Å². The molecule has 0 saturated heterocycles. The van der Waals surface area contributed by atoms with E-state index >= 15 is 0 Å². The third kappa shape index (κ3) is 6.26. The lowest BCUT2D eigenvalue weighted by atomic mass is 10.2. The van der Waals surface area contributed by atoms with Gasteiger partial charge in [-0.25, -0.2) is 0 Å². The molecule has 1 saturated carbocycles. The summed E-state index contributed by atoms with van der Waals surface area (Å²) in [5.41, 5.74) is 0. The number of carboxylic acid groups (broad SMARTS) is 1. The Balaban J connectivity index is 2.08. The van der Waals surface area contributed by atoms with Crippen molar-refractivity contribution in [3.8, 4) is 0 Å². The molecule has 5 nitrogen and oxygen atoms in total. The van der Waals surface area contributed by atoms with Gasteiger partial charge in [0.1, 0.15) is 0 Å². The summed E-state index contributed by atoms with van der Waals surface area (Å²) in [4.78, 5) is 21.9. The Bertz CT molecular complexity index is 262. The van der Waals surface area contributed by atoms with Gasteiger partial charge in [0.2, 0.25) is 5.91 Å². The molecular formula is C12H22N2O3. The van der Waals surface area contributed by atoms with Gasteiger partial charge in [0.25, 0.3) is 0 Å². The van der Waals surface area contributed by atoms with E-state index in [0.717, 1.165) is 12.8 Å².